The smallest absolute Gasteiger partial charge is 0.239 e. The van der Waals surface area contributed by atoms with Gasteiger partial charge in [0.1, 0.15) is 0 Å². The molecule has 3 rings (SSSR count). The first-order chi connectivity index (χ1) is 12.2. The lowest BCUT2D eigenvalue weighted by atomic mass is 10.3. The zero-order valence-electron chi connectivity index (χ0n) is 14.1. The maximum atomic E-state index is 12.6. The van der Waals surface area contributed by atoms with Crippen molar-refractivity contribution in [1.29, 1.82) is 0 Å². The Labute approximate surface area is 158 Å². The number of rotatable bonds is 8. The van der Waals surface area contributed by atoms with Gasteiger partial charge in [-0.1, -0.05) is 53.5 Å². The summed E-state index contributed by atoms with van der Waals surface area (Å²) in [6.07, 6.45) is 1.04. The van der Waals surface area contributed by atoms with Gasteiger partial charge in [-0.25, -0.2) is 4.98 Å². The third-order valence-corrected chi connectivity index (χ3v) is 6.44. The minimum absolute atomic E-state index is 0.0322. The molecule has 9 heteroatoms. The third kappa shape index (κ3) is 4.47. The van der Waals surface area contributed by atoms with Gasteiger partial charge in [0, 0.05) is 13.1 Å². The van der Waals surface area contributed by atoms with Gasteiger partial charge in [0.05, 0.1) is 16.0 Å². The SMILES string of the molecule is CCCNc1nnc(SCC(=O)N(CC)c2nc3ccccc3s2)s1. The van der Waals surface area contributed by atoms with Crippen LogP contribution in [0, 0.1) is 0 Å². The van der Waals surface area contributed by atoms with E-state index in [1.807, 2.05) is 31.2 Å². The molecule has 0 bridgehead atoms. The number of anilines is 2. The minimum Gasteiger partial charge on any atom is -0.360 e. The Hall–Kier alpha value is -1.71. The van der Waals surface area contributed by atoms with Crippen molar-refractivity contribution in [2.24, 2.45) is 0 Å². The number of aromatic nitrogens is 3. The molecule has 1 amide bonds. The number of amides is 1. The number of thiazole rings is 1. The number of nitrogens with zero attached hydrogens (tertiary/aromatic N) is 4. The summed E-state index contributed by atoms with van der Waals surface area (Å²) in [5.41, 5.74) is 0.928. The summed E-state index contributed by atoms with van der Waals surface area (Å²) in [6, 6.07) is 7.93. The van der Waals surface area contributed by atoms with Gasteiger partial charge in [-0.2, -0.15) is 0 Å². The van der Waals surface area contributed by atoms with E-state index in [4.69, 9.17) is 0 Å². The second-order valence-electron chi connectivity index (χ2n) is 5.19. The van der Waals surface area contributed by atoms with Crippen molar-refractivity contribution < 1.29 is 4.79 Å². The molecule has 0 spiro atoms. The van der Waals surface area contributed by atoms with Gasteiger partial charge in [-0.3, -0.25) is 9.69 Å². The number of carbonyl (C=O) groups is 1. The largest absolute Gasteiger partial charge is 0.360 e. The van der Waals surface area contributed by atoms with Crippen molar-refractivity contribution in [3.63, 3.8) is 0 Å². The van der Waals surface area contributed by atoms with Crippen molar-refractivity contribution >= 4 is 60.8 Å². The molecule has 132 valence electrons. The highest BCUT2D eigenvalue weighted by Gasteiger charge is 2.19. The maximum Gasteiger partial charge on any atom is 0.239 e. The van der Waals surface area contributed by atoms with Crippen LogP contribution in [0.5, 0.6) is 0 Å². The highest BCUT2D eigenvalue weighted by atomic mass is 32.2. The molecule has 0 saturated heterocycles. The summed E-state index contributed by atoms with van der Waals surface area (Å²) in [6.45, 7) is 5.54. The van der Waals surface area contributed by atoms with Gasteiger partial charge in [0.15, 0.2) is 9.47 Å². The number of carbonyl (C=O) groups excluding carboxylic acids is 1. The first-order valence-electron chi connectivity index (χ1n) is 8.07. The Kier molecular flexibility index (Phi) is 6.22. The van der Waals surface area contributed by atoms with Crippen molar-refractivity contribution in [1.82, 2.24) is 15.2 Å². The lowest BCUT2D eigenvalue weighted by Gasteiger charge is -2.16. The molecule has 0 aliphatic carbocycles. The van der Waals surface area contributed by atoms with Gasteiger partial charge >= 0.3 is 0 Å². The number of fused-ring (bicyclic) bond motifs is 1. The number of benzene rings is 1. The first-order valence-corrected chi connectivity index (χ1v) is 10.7. The fraction of sp³-hybridized carbons (Fsp3) is 0.375. The number of nitrogens with one attached hydrogen (secondary N) is 1. The summed E-state index contributed by atoms with van der Waals surface area (Å²) in [5, 5.41) is 13.0. The molecule has 1 N–H and O–H groups in total. The molecule has 25 heavy (non-hydrogen) atoms. The van der Waals surface area contributed by atoms with Gasteiger partial charge in [-0.15, -0.1) is 10.2 Å². The standard InChI is InChI=1S/C16H19N5OS3/c1-3-9-17-14-19-20-16(25-14)23-10-13(22)21(4-2)15-18-11-7-5-6-8-12(11)24-15/h5-8H,3-4,9-10H2,1-2H3,(H,17,19). The van der Waals surface area contributed by atoms with E-state index in [1.54, 1.807) is 16.2 Å². The minimum atomic E-state index is 0.0322. The number of hydrogen-bond acceptors (Lipinski definition) is 8. The van der Waals surface area contributed by atoms with Crippen LogP contribution >= 0.6 is 34.4 Å². The van der Waals surface area contributed by atoms with Crippen molar-refractivity contribution in [2.75, 3.05) is 29.1 Å². The maximum absolute atomic E-state index is 12.6. The molecule has 6 nitrogen and oxygen atoms in total. The zero-order chi connectivity index (χ0) is 17.6. The molecular weight excluding hydrogens is 374 g/mol. The lowest BCUT2D eigenvalue weighted by Crippen LogP contribution is -2.31. The Morgan fingerprint density at radius 2 is 2.08 bits per heavy atom. The van der Waals surface area contributed by atoms with Crippen LogP contribution in [0.15, 0.2) is 28.6 Å². The van der Waals surface area contributed by atoms with Crippen molar-refractivity contribution in [2.45, 2.75) is 24.6 Å². The molecule has 3 aromatic rings. The summed E-state index contributed by atoms with van der Waals surface area (Å²) < 4.78 is 1.89. The molecule has 0 aliphatic rings. The molecule has 0 atom stereocenters. The fourth-order valence-corrected chi connectivity index (χ4v) is 4.87. The van der Waals surface area contributed by atoms with Gasteiger partial charge in [0.25, 0.3) is 0 Å². The van der Waals surface area contributed by atoms with Crippen LogP contribution < -0.4 is 10.2 Å². The predicted molar refractivity (Wildman–Crippen MR) is 107 cm³/mol. The number of para-hydroxylation sites is 1. The average Bonchev–Trinajstić information content (AvgIpc) is 3.25. The molecule has 1 aromatic carbocycles. The summed E-state index contributed by atoms with van der Waals surface area (Å²) in [4.78, 5) is 18.9. The summed E-state index contributed by atoms with van der Waals surface area (Å²) in [5.74, 6) is 0.358. The van der Waals surface area contributed by atoms with Crippen LogP contribution in [0.1, 0.15) is 20.3 Å². The van der Waals surface area contributed by atoms with Crippen LogP contribution in [-0.4, -0.2) is 39.9 Å². The Balaban J connectivity index is 1.63. The average molecular weight is 394 g/mol. The summed E-state index contributed by atoms with van der Waals surface area (Å²) >= 11 is 4.44. The van der Waals surface area contributed by atoms with Crippen LogP contribution in [0.4, 0.5) is 10.3 Å². The van der Waals surface area contributed by atoms with E-state index in [-0.39, 0.29) is 5.91 Å². The molecule has 0 radical (unpaired) electrons. The van der Waals surface area contributed by atoms with Crippen molar-refractivity contribution in [3.8, 4) is 0 Å². The third-order valence-electron chi connectivity index (χ3n) is 3.38. The van der Waals surface area contributed by atoms with Gasteiger partial charge in [0.2, 0.25) is 11.0 Å². The summed E-state index contributed by atoms with van der Waals surface area (Å²) in [7, 11) is 0. The quantitative estimate of drug-likeness (QED) is 0.581. The van der Waals surface area contributed by atoms with E-state index < -0.39 is 0 Å². The van der Waals surface area contributed by atoms with Crippen molar-refractivity contribution in [3.05, 3.63) is 24.3 Å². The zero-order valence-corrected chi connectivity index (χ0v) is 16.5. The molecular formula is C16H19N5OS3. The van der Waals surface area contributed by atoms with Crippen LogP contribution in [0.25, 0.3) is 10.2 Å². The monoisotopic (exact) mass is 393 g/mol. The van der Waals surface area contributed by atoms with Crippen LogP contribution in [0.2, 0.25) is 0 Å². The predicted octanol–water partition coefficient (Wildman–Crippen LogP) is 4.11. The molecule has 0 saturated carbocycles. The molecule has 2 heterocycles. The first kappa shape index (κ1) is 18.1. The van der Waals surface area contributed by atoms with Crippen LogP contribution in [-0.2, 0) is 4.79 Å². The Morgan fingerprint density at radius 1 is 1.24 bits per heavy atom. The molecule has 0 aliphatic heterocycles. The Morgan fingerprint density at radius 3 is 2.84 bits per heavy atom. The molecule has 2 aromatic heterocycles. The van der Waals surface area contributed by atoms with E-state index in [9.17, 15) is 4.79 Å². The Bertz CT molecular complexity index is 814. The van der Waals surface area contributed by atoms with E-state index in [0.717, 1.165) is 37.8 Å². The number of hydrogen-bond donors (Lipinski definition) is 1. The van der Waals surface area contributed by atoms with Gasteiger partial charge in [-0.05, 0) is 25.5 Å². The fourth-order valence-electron chi connectivity index (χ4n) is 2.17. The highest BCUT2D eigenvalue weighted by molar-refractivity contribution is 8.01. The molecule has 0 fully saturated rings. The number of thioether (sulfide) groups is 1. The second-order valence-corrected chi connectivity index (χ2v) is 8.40. The topological polar surface area (TPSA) is 71.0 Å². The van der Waals surface area contributed by atoms with Crippen LogP contribution in [0.3, 0.4) is 0 Å². The lowest BCUT2D eigenvalue weighted by molar-refractivity contribution is -0.116. The highest BCUT2D eigenvalue weighted by Crippen LogP contribution is 2.30. The van der Waals surface area contributed by atoms with E-state index in [2.05, 4.69) is 27.4 Å². The van der Waals surface area contributed by atoms with E-state index in [1.165, 1.54) is 23.1 Å². The molecule has 0 unspecified atom stereocenters. The second kappa shape index (κ2) is 8.59. The van der Waals surface area contributed by atoms with E-state index in [0.29, 0.717) is 12.3 Å². The normalized spacial score (nSPS) is 11.0. The van der Waals surface area contributed by atoms with Gasteiger partial charge < -0.3 is 5.32 Å². The van der Waals surface area contributed by atoms with E-state index >= 15 is 0 Å².